The lowest BCUT2D eigenvalue weighted by Crippen LogP contribution is -2.57. The molecule has 3 unspecified atom stereocenters. The lowest BCUT2D eigenvalue weighted by Gasteiger charge is -2.50. The largest absolute Gasteiger partial charge is 0.377 e. The second-order valence-corrected chi connectivity index (χ2v) is 7.18. The van der Waals surface area contributed by atoms with E-state index in [1.807, 2.05) is 7.11 Å². The molecule has 1 N–H and O–H groups in total. The van der Waals surface area contributed by atoms with Gasteiger partial charge in [0.05, 0.1) is 5.60 Å². The van der Waals surface area contributed by atoms with E-state index in [0.29, 0.717) is 0 Å². The molecule has 1 saturated carbocycles. The standard InChI is InChI=1S/C16H32N2O/c1-13(2)10-17-11-14-6-7-15(14)18-9-5-8-16(3,12-18)19-4/h13-15,17H,5-12H2,1-4H3. The molecule has 0 aromatic heterocycles. The van der Waals surface area contributed by atoms with Gasteiger partial charge in [-0.2, -0.15) is 0 Å². The molecule has 112 valence electrons. The molecule has 2 aliphatic rings. The zero-order valence-corrected chi connectivity index (χ0v) is 13.2. The highest BCUT2D eigenvalue weighted by atomic mass is 16.5. The van der Waals surface area contributed by atoms with Crippen LogP contribution in [-0.4, -0.2) is 49.8 Å². The minimum atomic E-state index is 0.0871. The molecule has 0 aromatic carbocycles. The fraction of sp³-hybridized carbons (Fsp3) is 1.00. The van der Waals surface area contributed by atoms with Gasteiger partial charge < -0.3 is 10.1 Å². The summed E-state index contributed by atoms with van der Waals surface area (Å²) in [6, 6.07) is 0.800. The summed E-state index contributed by atoms with van der Waals surface area (Å²) in [5.74, 6) is 1.61. The average Bonchev–Trinajstić information content (AvgIpc) is 2.33. The fourth-order valence-corrected chi connectivity index (χ4v) is 3.52. The number of ether oxygens (including phenoxy) is 1. The van der Waals surface area contributed by atoms with Crippen LogP contribution in [0.15, 0.2) is 0 Å². The SMILES string of the molecule is COC1(C)CCCN(C2CCC2CNCC(C)C)C1. The smallest absolute Gasteiger partial charge is 0.0777 e. The van der Waals surface area contributed by atoms with Crippen molar-refractivity contribution in [2.75, 3.05) is 33.3 Å². The summed E-state index contributed by atoms with van der Waals surface area (Å²) in [5.41, 5.74) is 0.0871. The van der Waals surface area contributed by atoms with Crippen LogP contribution in [0.4, 0.5) is 0 Å². The minimum absolute atomic E-state index is 0.0871. The van der Waals surface area contributed by atoms with Crippen LogP contribution >= 0.6 is 0 Å². The van der Waals surface area contributed by atoms with Crippen molar-refractivity contribution in [3.63, 3.8) is 0 Å². The monoisotopic (exact) mass is 268 g/mol. The Morgan fingerprint density at radius 3 is 2.74 bits per heavy atom. The van der Waals surface area contributed by atoms with Gasteiger partial charge in [0.2, 0.25) is 0 Å². The van der Waals surface area contributed by atoms with Crippen LogP contribution in [0.1, 0.15) is 46.5 Å². The minimum Gasteiger partial charge on any atom is -0.377 e. The van der Waals surface area contributed by atoms with Crippen LogP contribution in [0, 0.1) is 11.8 Å². The summed E-state index contributed by atoms with van der Waals surface area (Å²) in [4.78, 5) is 2.69. The highest BCUT2D eigenvalue weighted by molar-refractivity contribution is 4.95. The van der Waals surface area contributed by atoms with Crippen molar-refractivity contribution in [2.45, 2.75) is 58.1 Å². The van der Waals surface area contributed by atoms with Gasteiger partial charge in [-0.15, -0.1) is 0 Å². The molecule has 1 aliphatic carbocycles. The Morgan fingerprint density at radius 1 is 1.37 bits per heavy atom. The maximum absolute atomic E-state index is 5.72. The highest BCUT2D eigenvalue weighted by Gasteiger charge is 2.40. The number of nitrogens with zero attached hydrogens (tertiary/aromatic N) is 1. The molecule has 2 fully saturated rings. The summed E-state index contributed by atoms with van der Waals surface area (Å²) in [5, 5.41) is 3.63. The third kappa shape index (κ3) is 3.93. The number of hydrogen-bond donors (Lipinski definition) is 1. The van der Waals surface area contributed by atoms with Crippen LogP contribution < -0.4 is 5.32 Å². The van der Waals surface area contributed by atoms with Crippen molar-refractivity contribution in [1.29, 1.82) is 0 Å². The van der Waals surface area contributed by atoms with E-state index >= 15 is 0 Å². The van der Waals surface area contributed by atoms with E-state index in [0.717, 1.165) is 31.0 Å². The molecule has 2 rings (SSSR count). The molecule has 3 heteroatoms. The van der Waals surface area contributed by atoms with Gasteiger partial charge in [-0.05, 0) is 64.1 Å². The van der Waals surface area contributed by atoms with E-state index in [-0.39, 0.29) is 5.60 Å². The Morgan fingerprint density at radius 2 is 2.16 bits per heavy atom. The van der Waals surface area contributed by atoms with Gasteiger partial charge in [0, 0.05) is 19.7 Å². The molecule has 19 heavy (non-hydrogen) atoms. The van der Waals surface area contributed by atoms with E-state index in [1.54, 1.807) is 0 Å². The quantitative estimate of drug-likeness (QED) is 0.801. The average molecular weight is 268 g/mol. The summed E-state index contributed by atoms with van der Waals surface area (Å²) < 4.78 is 5.72. The molecule has 1 heterocycles. The fourth-order valence-electron chi connectivity index (χ4n) is 3.52. The zero-order valence-electron chi connectivity index (χ0n) is 13.2. The van der Waals surface area contributed by atoms with Crippen molar-refractivity contribution in [2.24, 2.45) is 11.8 Å². The molecule has 0 radical (unpaired) electrons. The summed E-state index contributed by atoms with van der Waals surface area (Å²) >= 11 is 0. The van der Waals surface area contributed by atoms with Gasteiger partial charge in [0.15, 0.2) is 0 Å². The van der Waals surface area contributed by atoms with Crippen molar-refractivity contribution < 1.29 is 4.74 Å². The van der Waals surface area contributed by atoms with Crippen molar-refractivity contribution in [1.82, 2.24) is 10.2 Å². The number of piperidine rings is 1. The molecule has 0 amide bonds. The molecule has 1 aliphatic heterocycles. The second-order valence-electron chi connectivity index (χ2n) is 7.18. The number of nitrogens with one attached hydrogen (secondary N) is 1. The Hall–Kier alpha value is -0.120. The molecule has 0 bridgehead atoms. The van der Waals surface area contributed by atoms with Crippen LogP contribution in [0.25, 0.3) is 0 Å². The predicted octanol–water partition coefficient (Wildman–Crippen LogP) is 2.51. The molecule has 0 spiro atoms. The Balaban J connectivity index is 1.78. The molecule has 0 aromatic rings. The first kappa shape index (κ1) is 15.3. The van der Waals surface area contributed by atoms with Gasteiger partial charge in [0.25, 0.3) is 0 Å². The van der Waals surface area contributed by atoms with Gasteiger partial charge in [0.1, 0.15) is 0 Å². The van der Waals surface area contributed by atoms with Crippen LogP contribution in [0.2, 0.25) is 0 Å². The predicted molar refractivity (Wildman–Crippen MR) is 80.4 cm³/mol. The van der Waals surface area contributed by atoms with Crippen LogP contribution in [0.5, 0.6) is 0 Å². The van der Waals surface area contributed by atoms with E-state index in [1.165, 1.54) is 38.8 Å². The van der Waals surface area contributed by atoms with Gasteiger partial charge in [-0.1, -0.05) is 13.8 Å². The van der Waals surface area contributed by atoms with Crippen LogP contribution in [0.3, 0.4) is 0 Å². The second kappa shape index (κ2) is 6.55. The topological polar surface area (TPSA) is 24.5 Å². The number of likely N-dealkylation sites (tertiary alicyclic amines) is 1. The maximum Gasteiger partial charge on any atom is 0.0777 e. The summed E-state index contributed by atoms with van der Waals surface area (Å²) in [7, 11) is 1.87. The molecule has 3 atom stereocenters. The van der Waals surface area contributed by atoms with E-state index in [9.17, 15) is 0 Å². The summed E-state index contributed by atoms with van der Waals surface area (Å²) in [6.45, 7) is 11.6. The van der Waals surface area contributed by atoms with E-state index in [4.69, 9.17) is 4.74 Å². The molecule has 1 saturated heterocycles. The lowest BCUT2D eigenvalue weighted by molar-refractivity contribution is -0.0805. The normalized spacial score (nSPS) is 36.5. The number of methoxy groups -OCH3 is 1. The zero-order chi connectivity index (χ0) is 13.9. The van der Waals surface area contributed by atoms with Crippen molar-refractivity contribution in [3.8, 4) is 0 Å². The third-order valence-corrected chi connectivity index (χ3v) is 4.99. The van der Waals surface area contributed by atoms with Crippen LogP contribution in [-0.2, 0) is 4.74 Å². The van der Waals surface area contributed by atoms with Gasteiger partial charge >= 0.3 is 0 Å². The molecular formula is C16H32N2O. The lowest BCUT2D eigenvalue weighted by atomic mass is 9.76. The first-order chi connectivity index (χ1) is 9.04. The third-order valence-electron chi connectivity index (χ3n) is 4.99. The molecular weight excluding hydrogens is 236 g/mol. The van der Waals surface area contributed by atoms with Gasteiger partial charge in [-0.3, -0.25) is 4.90 Å². The Labute approximate surface area is 119 Å². The highest BCUT2D eigenvalue weighted by Crippen LogP contribution is 2.35. The Kier molecular flexibility index (Phi) is 5.27. The van der Waals surface area contributed by atoms with Gasteiger partial charge in [-0.25, -0.2) is 0 Å². The van der Waals surface area contributed by atoms with Crippen molar-refractivity contribution >= 4 is 0 Å². The number of hydrogen-bond acceptors (Lipinski definition) is 3. The summed E-state index contributed by atoms with van der Waals surface area (Å²) in [6.07, 6.45) is 5.28. The number of rotatable bonds is 6. The molecule has 3 nitrogen and oxygen atoms in total. The Bertz CT molecular complexity index is 282. The van der Waals surface area contributed by atoms with E-state index < -0.39 is 0 Å². The first-order valence-electron chi connectivity index (χ1n) is 8.04. The first-order valence-corrected chi connectivity index (χ1v) is 8.04. The van der Waals surface area contributed by atoms with E-state index in [2.05, 4.69) is 31.0 Å². The van der Waals surface area contributed by atoms with Crippen molar-refractivity contribution in [3.05, 3.63) is 0 Å². The maximum atomic E-state index is 5.72.